The summed E-state index contributed by atoms with van der Waals surface area (Å²) >= 11 is 0. The Morgan fingerprint density at radius 1 is 0.914 bits per heavy atom. The smallest absolute Gasteiger partial charge is 0.261 e. The van der Waals surface area contributed by atoms with Gasteiger partial charge in [-0.3, -0.25) is 0 Å². The van der Waals surface area contributed by atoms with E-state index in [9.17, 15) is 4.79 Å². The van der Waals surface area contributed by atoms with Crippen LogP contribution in [0.3, 0.4) is 0 Å². The molecule has 3 aromatic rings. The zero-order chi connectivity index (χ0) is 24.7. The van der Waals surface area contributed by atoms with E-state index in [1.807, 2.05) is 12.3 Å². The van der Waals surface area contributed by atoms with Crippen LogP contribution in [-0.2, 0) is 20.6 Å². The second kappa shape index (κ2) is 11.4. The van der Waals surface area contributed by atoms with Crippen LogP contribution in [0.2, 0.25) is 5.04 Å². The van der Waals surface area contributed by atoms with Gasteiger partial charge in [-0.1, -0.05) is 81.4 Å². The summed E-state index contributed by atoms with van der Waals surface area (Å²) in [6, 6.07) is 23.3. The molecule has 0 saturated heterocycles. The van der Waals surface area contributed by atoms with Gasteiger partial charge in [-0.2, -0.15) is 0 Å². The molecule has 0 bridgehead atoms. The maximum absolute atomic E-state index is 10.6. The molecule has 1 saturated carbocycles. The third kappa shape index (κ3) is 5.77. The molecule has 5 nitrogen and oxygen atoms in total. The third-order valence-electron chi connectivity index (χ3n) is 7.02. The zero-order valence-corrected chi connectivity index (χ0v) is 22.0. The fourth-order valence-electron chi connectivity index (χ4n) is 5.30. The number of carbonyl (C=O) groups excluding carboxylic acids is 1. The van der Waals surface area contributed by atoms with Crippen molar-refractivity contribution >= 4 is 25.0 Å². The van der Waals surface area contributed by atoms with E-state index in [4.69, 9.17) is 14.1 Å². The van der Waals surface area contributed by atoms with Gasteiger partial charge in [0.1, 0.15) is 18.7 Å². The molecular weight excluding hydrogens is 452 g/mol. The van der Waals surface area contributed by atoms with Gasteiger partial charge in [-0.25, -0.2) is 9.97 Å². The summed E-state index contributed by atoms with van der Waals surface area (Å²) in [7, 11) is -2.62. The van der Waals surface area contributed by atoms with E-state index in [0.717, 1.165) is 43.5 Å². The second-order valence-electron chi connectivity index (χ2n) is 10.3. The van der Waals surface area contributed by atoms with E-state index < -0.39 is 8.32 Å². The Morgan fingerprint density at radius 2 is 1.51 bits per heavy atom. The number of nitrogens with zero attached hydrogens (tertiary/aromatic N) is 2. The van der Waals surface area contributed by atoms with Crippen molar-refractivity contribution < 1.29 is 14.0 Å². The summed E-state index contributed by atoms with van der Waals surface area (Å²) in [6.45, 7) is 7.49. The fraction of sp³-hybridized carbons (Fsp3) is 0.414. The largest absolute Gasteiger partial charge is 0.401 e. The quantitative estimate of drug-likeness (QED) is 0.320. The standard InChI is InChI=1S/C29H36N2O3Si/c1-29(2,3)35(26-10-6-4-7-11-26,27-12-8-5-9-13-27)34-22-24-18-19-30-28(31-24)23-14-16-25(17-15-23)33-21-20-32/h4-13,18-20,23,25H,14-17,21-22H2,1-3H3. The monoisotopic (exact) mass is 488 g/mol. The molecule has 1 aromatic heterocycles. The maximum atomic E-state index is 10.6. The minimum atomic E-state index is -2.62. The van der Waals surface area contributed by atoms with Crippen LogP contribution in [-0.4, -0.2) is 37.3 Å². The van der Waals surface area contributed by atoms with Gasteiger partial charge in [-0.15, -0.1) is 0 Å². The topological polar surface area (TPSA) is 61.3 Å². The minimum absolute atomic E-state index is 0.0779. The summed E-state index contributed by atoms with van der Waals surface area (Å²) in [5.41, 5.74) is 0.919. The number of ether oxygens (including phenoxy) is 1. The van der Waals surface area contributed by atoms with E-state index in [1.54, 1.807) is 0 Å². The highest BCUT2D eigenvalue weighted by molar-refractivity contribution is 6.99. The van der Waals surface area contributed by atoms with Crippen LogP contribution in [0.15, 0.2) is 72.9 Å². The van der Waals surface area contributed by atoms with Gasteiger partial charge in [0, 0.05) is 12.1 Å². The highest BCUT2D eigenvalue weighted by Gasteiger charge is 2.50. The number of rotatable bonds is 9. The lowest BCUT2D eigenvalue weighted by molar-refractivity contribution is -0.114. The fourth-order valence-corrected chi connectivity index (χ4v) is 9.82. The molecule has 4 rings (SSSR count). The number of hydrogen-bond acceptors (Lipinski definition) is 5. The molecule has 1 aliphatic rings. The van der Waals surface area contributed by atoms with Crippen molar-refractivity contribution in [2.45, 2.75) is 70.1 Å². The van der Waals surface area contributed by atoms with Crippen molar-refractivity contribution in [3.63, 3.8) is 0 Å². The number of aromatic nitrogens is 2. The van der Waals surface area contributed by atoms with Crippen molar-refractivity contribution in [2.24, 2.45) is 0 Å². The number of aldehydes is 1. The lowest BCUT2D eigenvalue weighted by Crippen LogP contribution is -2.66. The Kier molecular flexibility index (Phi) is 8.26. The first-order valence-electron chi connectivity index (χ1n) is 12.6. The average molecular weight is 489 g/mol. The molecular formula is C29H36N2O3Si. The lowest BCUT2D eigenvalue weighted by atomic mass is 9.87. The molecule has 35 heavy (non-hydrogen) atoms. The van der Waals surface area contributed by atoms with Gasteiger partial charge >= 0.3 is 0 Å². The molecule has 0 unspecified atom stereocenters. The Labute approximate surface area is 210 Å². The van der Waals surface area contributed by atoms with Gasteiger partial charge in [0.05, 0.1) is 18.4 Å². The lowest BCUT2D eigenvalue weighted by Gasteiger charge is -2.43. The molecule has 6 heteroatoms. The van der Waals surface area contributed by atoms with Crippen LogP contribution in [0.1, 0.15) is 63.9 Å². The predicted molar refractivity (Wildman–Crippen MR) is 141 cm³/mol. The van der Waals surface area contributed by atoms with Crippen LogP contribution >= 0.6 is 0 Å². The SMILES string of the molecule is CC(C)(C)[Si](OCc1ccnc(C2CCC(OCC=O)CC2)n1)(c1ccccc1)c1ccccc1. The van der Waals surface area contributed by atoms with E-state index in [2.05, 4.69) is 86.4 Å². The van der Waals surface area contributed by atoms with Crippen molar-refractivity contribution in [1.29, 1.82) is 0 Å². The Morgan fingerprint density at radius 3 is 2.06 bits per heavy atom. The van der Waals surface area contributed by atoms with Crippen LogP contribution in [0.4, 0.5) is 0 Å². The first-order valence-corrected chi connectivity index (χ1v) is 14.5. The first-order chi connectivity index (χ1) is 16.9. The van der Waals surface area contributed by atoms with Crippen molar-refractivity contribution in [3.8, 4) is 0 Å². The highest BCUT2D eigenvalue weighted by Crippen LogP contribution is 2.37. The third-order valence-corrected chi connectivity index (χ3v) is 12.0. The molecule has 0 radical (unpaired) electrons. The Bertz CT molecular complexity index is 1040. The molecule has 0 N–H and O–H groups in total. The number of carbonyl (C=O) groups is 1. The van der Waals surface area contributed by atoms with Crippen LogP contribution in [0.5, 0.6) is 0 Å². The predicted octanol–water partition coefficient (Wildman–Crippen LogP) is 4.79. The summed E-state index contributed by atoms with van der Waals surface area (Å²) in [4.78, 5) is 20.1. The molecule has 0 amide bonds. The van der Waals surface area contributed by atoms with E-state index in [-0.39, 0.29) is 17.7 Å². The summed E-state index contributed by atoms with van der Waals surface area (Å²) < 4.78 is 12.7. The molecule has 184 valence electrons. The minimum Gasteiger partial charge on any atom is -0.401 e. The molecule has 0 spiro atoms. The summed E-state index contributed by atoms with van der Waals surface area (Å²) in [5.74, 6) is 1.21. The second-order valence-corrected chi connectivity index (χ2v) is 14.6. The average Bonchev–Trinajstić information content (AvgIpc) is 2.89. The molecule has 1 fully saturated rings. The Balaban J connectivity index is 1.57. The van der Waals surface area contributed by atoms with E-state index in [1.165, 1.54) is 10.4 Å². The summed E-state index contributed by atoms with van der Waals surface area (Å²) in [5, 5.41) is 2.45. The van der Waals surface area contributed by atoms with E-state index in [0.29, 0.717) is 12.5 Å². The summed E-state index contributed by atoms with van der Waals surface area (Å²) in [6.07, 6.45) is 6.67. The molecule has 1 heterocycles. The molecule has 0 aliphatic heterocycles. The van der Waals surface area contributed by atoms with Gasteiger partial charge in [-0.05, 0) is 47.2 Å². The van der Waals surface area contributed by atoms with Crippen LogP contribution < -0.4 is 10.4 Å². The molecule has 2 aromatic carbocycles. The molecule has 0 atom stereocenters. The van der Waals surface area contributed by atoms with Crippen molar-refractivity contribution in [1.82, 2.24) is 9.97 Å². The van der Waals surface area contributed by atoms with Gasteiger partial charge < -0.3 is 14.0 Å². The van der Waals surface area contributed by atoms with Gasteiger partial charge in [0.15, 0.2) is 0 Å². The Hall–Kier alpha value is -2.67. The van der Waals surface area contributed by atoms with Gasteiger partial charge in [0.2, 0.25) is 0 Å². The highest BCUT2D eigenvalue weighted by atomic mass is 28.4. The van der Waals surface area contributed by atoms with E-state index >= 15 is 0 Å². The van der Waals surface area contributed by atoms with Crippen LogP contribution in [0, 0.1) is 0 Å². The number of hydrogen-bond donors (Lipinski definition) is 0. The number of benzene rings is 2. The van der Waals surface area contributed by atoms with Crippen LogP contribution in [0.25, 0.3) is 0 Å². The molecule has 1 aliphatic carbocycles. The first kappa shape index (κ1) is 25.4. The van der Waals surface area contributed by atoms with Gasteiger partial charge in [0.25, 0.3) is 8.32 Å². The van der Waals surface area contributed by atoms with Crippen molar-refractivity contribution in [2.75, 3.05) is 6.61 Å². The maximum Gasteiger partial charge on any atom is 0.261 e. The normalized spacial score (nSPS) is 18.8. The zero-order valence-electron chi connectivity index (χ0n) is 21.0. The van der Waals surface area contributed by atoms with Crippen molar-refractivity contribution in [3.05, 3.63) is 84.4 Å².